The van der Waals surface area contributed by atoms with Crippen molar-refractivity contribution in [2.75, 3.05) is 19.8 Å². The van der Waals surface area contributed by atoms with Crippen molar-refractivity contribution in [3.8, 4) is 0 Å². The summed E-state index contributed by atoms with van der Waals surface area (Å²) in [7, 11) is 0. The van der Waals surface area contributed by atoms with Crippen molar-refractivity contribution in [2.24, 2.45) is 17.1 Å². The first kappa shape index (κ1) is 12.9. The third-order valence-electron chi connectivity index (χ3n) is 2.74. The Kier molecular flexibility index (Phi) is 3.88. The molecule has 16 heavy (non-hydrogen) atoms. The van der Waals surface area contributed by atoms with Gasteiger partial charge in [-0.1, -0.05) is 0 Å². The van der Waals surface area contributed by atoms with E-state index in [1.54, 1.807) is 13.8 Å². The fourth-order valence-electron chi connectivity index (χ4n) is 1.36. The number of hydrogen-bond donors (Lipinski definition) is 3. The molecule has 0 radical (unpaired) electrons. The Balaban J connectivity index is 2.44. The van der Waals surface area contributed by atoms with E-state index in [9.17, 15) is 9.59 Å². The molecule has 2 atom stereocenters. The van der Waals surface area contributed by atoms with Crippen LogP contribution in [0.3, 0.4) is 0 Å². The minimum atomic E-state index is -0.973. The average molecular weight is 230 g/mol. The van der Waals surface area contributed by atoms with Gasteiger partial charge in [0.05, 0.1) is 24.5 Å². The highest BCUT2D eigenvalue weighted by Gasteiger charge is 2.33. The molecule has 1 rings (SSSR count). The molecule has 1 aliphatic heterocycles. The highest BCUT2D eigenvalue weighted by atomic mass is 16.5. The summed E-state index contributed by atoms with van der Waals surface area (Å²) in [5, 5.41) is 11.5. The van der Waals surface area contributed by atoms with Crippen molar-refractivity contribution >= 4 is 11.9 Å². The van der Waals surface area contributed by atoms with Crippen LogP contribution in [0.1, 0.15) is 13.8 Å². The van der Waals surface area contributed by atoms with Crippen LogP contribution in [0.5, 0.6) is 0 Å². The van der Waals surface area contributed by atoms with Crippen molar-refractivity contribution in [1.82, 2.24) is 5.32 Å². The monoisotopic (exact) mass is 230 g/mol. The van der Waals surface area contributed by atoms with Crippen LogP contribution < -0.4 is 11.1 Å². The van der Waals surface area contributed by atoms with Gasteiger partial charge in [0.2, 0.25) is 5.91 Å². The lowest BCUT2D eigenvalue weighted by Crippen LogP contribution is -2.45. The maximum absolute atomic E-state index is 11.7. The first-order chi connectivity index (χ1) is 7.34. The zero-order valence-electron chi connectivity index (χ0n) is 9.53. The Labute approximate surface area is 94.1 Å². The summed E-state index contributed by atoms with van der Waals surface area (Å²) < 4.78 is 5.07. The summed E-state index contributed by atoms with van der Waals surface area (Å²) in [6.45, 7) is 3.88. The predicted octanol–water partition coefficient (Wildman–Crippen LogP) is -0.813. The zero-order chi connectivity index (χ0) is 12.3. The van der Waals surface area contributed by atoms with Gasteiger partial charge in [-0.05, 0) is 13.8 Å². The fraction of sp³-hybridized carbons (Fsp3) is 0.800. The smallest absolute Gasteiger partial charge is 0.310 e. The van der Waals surface area contributed by atoms with Crippen LogP contribution in [0.15, 0.2) is 0 Å². The number of ether oxygens (including phenoxy) is 1. The molecule has 0 aromatic heterocycles. The van der Waals surface area contributed by atoms with E-state index in [1.807, 2.05) is 0 Å². The Morgan fingerprint density at radius 1 is 1.50 bits per heavy atom. The number of nitrogens with two attached hydrogens (primary N) is 1. The van der Waals surface area contributed by atoms with E-state index in [0.29, 0.717) is 13.2 Å². The van der Waals surface area contributed by atoms with Crippen LogP contribution in [-0.4, -0.2) is 42.8 Å². The molecule has 1 fully saturated rings. The number of nitrogens with one attached hydrogen (secondary N) is 1. The molecule has 1 amide bonds. The molecule has 6 nitrogen and oxygen atoms in total. The average Bonchev–Trinajstić information content (AvgIpc) is 2.61. The quantitative estimate of drug-likeness (QED) is 0.586. The van der Waals surface area contributed by atoms with Gasteiger partial charge in [-0.15, -0.1) is 0 Å². The molecule has 0 aromatic rings. The minimum absolute atomic E-state index is 0.0877. The molecule has 1 aliphatic rings. The summed E-state index contributed by atoms with van der Waals surface area (Å²) >= 11 is 0. The lowest BCUT2D eigenvalue weighted by atomic mass is 9.93. The molecule has 0 saturated carbocycles. The summed E-state index contributed by atoms with van der Waals surface area (Å²) in [5.41, 5.74) is 4.70. The van der Waals surface area contributed by atoms with Crippen LogP contribution in [0.4, 0.5) is 0 Å². The Morgan fingerprint density at radius 2 is 2.12 bits per heavy atom. The molecular weight excluding hydrogens is 212 g/mol. The number of hydrogen-bond acceptors (Lipinski definition) is 4. The van der Waals surface area contributed by atoms with Crippen LogP contribution in [0.25, 0.3) is 0 Å². The molecular formula is C10H18N2O4. The Morgan fingerprint density at radius 3 is 2.56 bits per heavy atom. The maximum atomic E-state index is 11.7. The van der Waals surface area contributed by atoms with Gasteiger partial charge in [-0.25, -0.2) is 0 Å². The van der Waals surface area contributed by atoms with Crippen molar-refractivity contribution < 1.29 is 19.4 Å². The topological polar surface area (TPSA) is 102 Å². The van der Waals surface area contributed by atoms with Gasteiger partial charge in [-0.3, -0.25) is 9.59 Å². The largest absolute Gasteiger partial charge is 0.481 e. The van der Waals surface area contributed by atoms with E-state index in [-0.39, 0.29) is 24.4 Å². The van der Waals surface area contributed by atoms with Gasteiger partial charge in [0.25, 0.3) is 0 Å². The SMILES string of the molecule is CC(C)(CNC(=O)C1COCC1N)C(=O)O. The van der Waals surface area contributed by atoms with Crippen molar-refractivity contribution in [2.45, 2.75) is 19.9 Å². The maximum Gasteiger partial charge on any atom is 0.310 e. The van der Waals surface area contributed by atoms with Crippen molar-refractivity contribution in [3.63, 3.8) is 0 Å². The second-order valence-corrected chi connectivity index (χ2v) is 4.71. The number of amides is 1. The van der Waals surface area contributed by atoms with Gasteiger partial charge in [0.15, 0.2) is 0 Å². The predicted molar refractivity (Wildman–Crippen MR) is 56.7 cm³/mol. The summed E-state index contributed by atoms with van der Waals surface area (Å²) in [4.78, 5) is 22.5. The summed E-state index contributed by atoms with van der Waals surface area (Å²) in [5.74, 6) is -1.55. The number of carboxylic acids is 1. The Bertz CT molecular complexity index is 291. The number of carbonyl (C=O) groups is 2. The lowest BCUT2D eigenvalue weighted by molar-refractivity contribution is -0.146. The third-order valence-corrected chi connectivity index (χ3v) is 2.74. The first-order valence-electron chi connectivity index (χ1n) is 5.19. The van der Waals surface area contributed by atoms with E-state index >= 15 is 0 Å². The second-order valence-electron chi connectivity index (χ2n) is 4.71. The Hall–Kier alpha value is -1.14. The zero-order valence-corrected chi connectivity index (χ0v) is 9.53. The number of carbonyl (C=O) groups excluding carboxylic acids is 1. The van der Waals surface area contributed by atoms with E-state index < -0.39 is 11.4 Å². The molecule has 0 bridgehead atoms. The molecule has 1 heterocycles. The molecule has 0 aliphatic carbocycles. The lowest BCUT2D eigenvalue weighted by Gasteiger charge is -2.21. The molecule has 0 aromatic carbocycles. The molecule has 0 spiro atoms. The molecule has 1 saturated heterocycles. The van der Waals surface area contributed by atoms with Gasteiger partial charge in [0, 0.05) is 12.6 Å². The van der Waals surface area contributed by atoms with Crippen LogP contribution in [0, 0.1) is 11.3 Å². The highest BCUT2D eigenvalue weighted by molar-refractivity contribution is 5.81. The summed E-state index contributed by atoms with van der Waals surface area (Å²) in [6, 6.07) is -0.298. The van der Waals surface area contributed by atoms with Gasteiger partial charge >= 0.3 is 5.97 Å². The van der Waals surface area contributed by atoms with Gasteiger partial charge in [0.1, 0.15) is 0 Å². The van der Waals surface area contributed by atoms with Crippen molar-refractivity contribution in [3.05, 3.63) is 0 Å². The molecule has 2 unspecified atom stereocenters. The van der Waals surface area contributed by atoms with E-state index in [1.165, 1.54) is 0 Å². The minimum Gasteiger partial charge on any atom is -0.481 e. The van der Waals surface area contributed by atoms with Crippen molar-refractivity contribution in [1.29, 1.82) is 0 Å². The van der Waals surface area contributed by atoms with Gasteiger partial charge in [-0.2, -0.15) is 0 Å². The fourth-order valence-corrected chi connectivity index (χ4v) is 1.36. The molecule has 92 valence electrons. The van der Waals surface area contributed by atoms with E-state index in [4.69, 9.17) is 15.6 Å². The number of carboxylic acid groups (broad SMARTS) is 1. The summed E-state index contributed by atoms with van der Waals surface area (Å²) in [6.07, 6.45) is 0. The normalized spacial score (nSPS) is 25.4. The standard InChI is InChI=1S/C10H18N2O4/c1-10(2,9(14)15)5-12-8(13)6-3-16-4-7(6)11/h6-7H,3-5,11H2,1-2H3,(H,12,13)(H,14,15). The third kappa shape index (κ3) is 2.93. The number of rotatable bonds is 4. The van der Waals surface area contributed by atoms with Gasteiger partial charge < -0.3 is 20.9 Å². The van der Waals surface area contributed by atoms with E-state index in [2.05, 4.69) is 5.32 Å². The van der Waals surface area contributed by atoms with Crippen LogP contribution in [-0.2, 0) is 14.3 Å². The first-order valence-corrected chi connectivity index (χ1v) is 5.19. The highest BCUT2D eigenvalue weighted by Crippen LogP contribution is 2.15. The van der Waals surface area contributed by atoms with E-state index in [0.717, 1.165) is 0 Å². The second kappa shape index (κ2) is 4.80. The number of aliphatic carboxylic acids is 1. The van der Waals surface area contributed by atoms with Crippen LogP contribution >= 0.6 is 0 Å². The molecule has 6 heteroatoms. The van der Waals surface area contributed by atoms with Crippen LogP contribution in [0.2, 0.25) is 0 Å². The molecule has 4 N–H and O–H groups in total.